The fourth-order valence-electron chi connectivity index (χ4n) is 4.11. The molecule has 1 saturated heterocycles. The molecule has 0 saturated carbocycles. The van der Waals surface area contributed by atoms with Gasteiger partial charge in [-0.05, 0) is 50.5 Å². The Morgan fingerprint density at radius 1 is 1.03 bits per heavy atom. The van der Waals surface area contributed by atoms with Crippen molar-refractivity contribution < 1.29 is 33.6 Å². The fraction of sp³-hybridized carbons (Fsp3) is 0.500. The van der Waals surface area contributed by atoms with Crippen molar-refractivity contribution in [3.63, 3.8) is 0 Å². The van der Waals surface area contributed by atoms with Crippen molar-refractivity contribution in [2.45, 2.75) is 57.8 Å². The van der Waals surface area contributed by atoms with Gasteiger partial charge in [0.05, 0.1) is 25.9 Å². The molecule has 36 heavy (non-hydrogen) atoms. The van der Waals surface area contributed by atoms with Crippen LogP contribution >= 0.6 is 0 Å². The third kappa shape index (κ3) is 9.17. The first-order valence-corrected chi connectivity index (χ1v) is 12.3. The largest absolute Gasteiger partial charge is 0.530 e. The molecule has 8 nitrogen and oxygen atoms in total. The van der Waals surface area contributed by atoms with Gasteiger partial charge in [-0.1, -0.05) is 42.5 Å². The van der Waals surface area contributed by atoms with Crippen molar-refractivity contribution in [1.82, 2.24) is 4.90 Å². The maximum Gasteiger partial charge on any atom is 0.332 e. The number of carboxylic acid groups (broad SMARTS) is 1. The second kappa shape index (κ2) is 13.3. The summed E-state index contributed by atoms with van der Waals surface area (Å²) in [6.07, 6.45) is -0.392. The van der Waals surface area contributed by atoms with E-state index < -0.39 is 23.8 Å². The van der Waals surface area contributed by atoms with Crippen LogP contribution in [0.25, 0.3) is 0 Å². The maximum absolute atomic E-state index is 12.1. The first kappa shape index (κ1) is 27.5. The summed E-state index contributed by atoms with van der Waals surface area (Å²) in [5, 5.41) is 11.4. The van der Waals surface area contributed by atoms with E-state index in [4.69, 9.17) is 18.9 Å². The molecule has 196 valence electrons. The van der Waals surface area contributed by atoms with Gasteiger partial charge in [-0.3, -0.25) is 0 Å². The minimum absolute atomic E-state index is 0.0662. The van der Waals surface area contributed by atoms with Crippen molar-refractivity contribution in [1.29, 1.82) is 0 Å². The van der Waals surface area contributed by atoms with Crippen LogP contribution in [0.2, 0.25) is 0 Å². The molecule has 2 unspecified atom stereocenters. The van der Waals surface area contributed by atoms with Gasteiger partial charge in [0.1, 0.15) is 24.1 Å². The molecule has 0 radical (unpaired) electrons. The van der Waals surface area contributed by atoms with Gasteiger partial charge in [0.2, 0.25) is 0 Å². The van der Waals surface area contributed by atoms with Crippen LogP contribution in [0.15, 0.2) is 54.6 Å². The van der Waals surface area contributed by atoms with Crippen molar-refractivity contribution in [3.8, 4) is 5.75 Å². The van der Waals surface area contributed by atoms with Gasteiger partial charge in [-0.25, -0.2) is 4.79 Å². The van der Waals surface area contributed by atoms with Crippen LogP contribution in [-0.4, -0.2) is 61.6 Å². The van der Waals surface area contributed by atoms with Gasteiger partial charge in [0.15, 0.2) is 0 Å². The molecule has 1 amide bonds. The average Bonchev–Trinajstić information content (AvgIpc) is 2.84. The van der Waals surface area contributed by atoms with E-state index in [0.717, 1.165) is 23.3 Å². The van der Waals surface area contributed by atoms with Gasteiger partial charge in [0, 0.05) is 25.4 Å². The number of esters is 1. The van der Waals surface area contributed by atoms with Crippen molar-refractivity contribution in [2.75, 3.05) is 32.9 Å². The van der Waals surface area contributed by atoms with Gasteiger partial charge < -0.3 is 33.7 Å². The Kier molecular flexibility index (Phi) is 10.1. The number of ether oxygens (including phenoxy) is 4. The number of hydrogen-bond acceptors (Lipinski definition) is 7. The zero-order chi connectivity index (χ0) is 26.0. The van der Waals surface area contributed by atoms with Crippen LogP contribution in [-0.2, 0) is 25.6 Å². The predicted octanol–water partition coefficient (Wildman–Crippen LogP) is 3.53. The van der Waals surface area contributed by atoms with Crippen LogP contribution in [0.3, 0.4) is 0 Å². The SMILES string of the molecule is CC(C)(C)OC(=O)COC1CN(C(=O)[O-])CCC1c1ccc(OCCCOCc2ccccc2)cc1. The molecule has 2 aromatic rings. The number of hydrogen-bond donors (Lipinski definition) is 0. The van der Waals surface area contributed by atoms with Crippen molar-refractivity contribution in [3.05, 3.63) is 65.7 Å². The molecule has 0 aromatic heterocycles. The molecule has 0 N–H and O–H groups in total. The van der Waals surface area contributed by atoms with E-state index in [1.165, 1.54) is 4.90 Å². The summed E-state index contributed by atoms with van der Waals surface area (Å²) in [6, 6.07) is 17.8. The number of rotatable bonds is 11. The Balaban J connectivity index is 1.48. The second-order valence-electron chi connectivity index (χ2n) is 9.85. The van der Waals surface area contributed by atoms with Gasteiger partial charge >= 0.3 is 5.97 Å². The molecule has 8 heteroatoms. The molecule has 3 rings (SSSR count). The van der Waals surface area contributed by atoms with E-state index in [9.17, 15) is 14.7 Å². The Labute approximate surface area is 213 Å². The minimum Gasteiger partial charge on any atom is -0.530 e. The molecule has 0 spiro atoms. The molecular formula is C28H36NO7-. The fourth-order valence-corrected chi connectivity index (χ4v) is 4.11. The molecule has 0 aliphatic carbocycles. The lowest BCUT2D eigenvalue weighted by atomic mass is 9.87. The Morgan fingerprint density at radius 3 is 2.42 bits per heavy atom. The number of piperidine rings is 1. The number of benzene rings is 2. The lowest BCUT2D eigenvalue weighted by molar-refractivity contribution is -0.268. The van der Waals surface area contributed by atoms with Gasteiger partial charge in [-0.2, -0.15) is 0 Å². The summed E-state index contributed by atoms with van der Waals surface area (Å²) in [7, 11) is 0. The van der Waals surface area contributed by atoms with Crippen LogP contribution in [0.1, 0.15) is 50.7 Å². The highest BCUT2D eigenvalue weighted by Crippen LogP contribution is 2.31. The normalized spacial score (nSPS) is 18.0. The highest BCUT2D eigenvalue weighted by molar-refractivity contribution is 5.71. The Hall–Kier alpha value is -3.10. The van der Waals surface area contributed by atoms with E-state index in [0.29, 0.717) is 32.8 Å². The van der Waals surface area contributed by atoms with E-state index >= 15 is 0 Å². The van der Waals surface area contributed by atoms with Crippen LogP contribution in [0.5, 0.6) is 5.75 Å². The number of carbonyl (C=O) groups excluding carboxylic acids is 2. The molecule has 0 bridgehead atoms. The van der Waals surface area contributed by atoms with Gasteiger partial charge in [0.25, 0.3) is 0 Å². The maximum atomic E-state index is 12.1. The molecule has 1 heterocycles. The summed E-state index contributed by atoms with van der Waals surface area (Å²) in [6.45, 7) is 7.34. The molecular weight excluding hydrogens is 462 g/mol. The van der Waals surface area contributed by atoms with E-state index in [1.54, 1.807) is 20.8 Å². The molecule has 2 atom stereocenters. The first-order valence-electron chi connectivity index (χ1n) is 12.3. The monoisotopic (exact) mass is 498 g/mol. The highest BCUT2D eigenvalue weighted by atomic mass is 16.6. The smallest absolute Gasteiger partial charge is 0.332 e. The predicted molar refractivity (Wildman–Crippen MR) is 133 cm³/mol. The summed E-state index contributed by atoms with van der Waals surface area (Å²) in [5.74, 6) is 0.201. The Morgan fingerprint density at radius 2 is 1.75 bits per heavy atom. The minimum atomic E-state index is -1.24. The van der Waals surface area contributed by atoms with Crippen molar-refractivity contribution >= 4 is 12.1 Å². The summed E-state index contributed by atoms with van der Waals surface area (Å²) >= 11 is 0. The third-order valence-electron chi connectivity index (χ3n) is 5.77. The number of carbonyl (C=O) groups is 2. The number of amides is 1. The van der Waals surface area contributed by atoms with Crippen molar-refractivity contribution in [2.24, 2.45) is 0 Å². The standard InChI is InChI=1S/C28H37NO7/c1-28(2,3)36-26(30)20-35-25-18-29(27(31)32)15-14-24(25)22-10-12-23(13-11-22)34-17-7-16-33-19-21-8-5-4-6-9-21/h4-6,8-13,24-25H,7,14-20H2,1-3H3,(H,31,32)/p-1. The Bertz CT molecular complexity index is 956. The van der Waals surface area contributed by atoms with Crippen LogP contribution in [0.4, 0.5) is 4.79 Å². The zero-order valence-corrected chi connectivity index (χ0v) is 21.3. The highest BCUT2D eigenvalue weighted by Gasteiger charge is 2.32. The van der Waals surface area contributed by atoms with Crippen LogP contribution < -0.4 is 9.84 Å². The lowest BCUT2D eigenvalue weighted by Gasteiger charge is -2.39. The lowest BCUT2D eigenvalue weighted by Crippen LogP contribution is -2.51. The molecule has 1 fully saturated rings. The average molecular weight is 499 g/mol. The zero-order valence-electron chi connectivity index (χ0n) is 21.3. The van der Waals surface area contributed by atoms with E-state index in [2.05, 4.69) is 0 Å². The van der Waals surface area contributed by atoms with Crippen LogP contribution in [0, 0.1) is 0 Å². The van der Waals surface area contributed by atoms with E-state index in [1.807, 2.05) is 54.6 Å². The summed E-state index contributed by atoms with van der Waals surface area (Å²) < 4.78 is 22.7. The second-order valence-corrected chi connectivity index (χ2v) is 9.85. The van der Waals surface area contributed by atoms with E-state index in [-0.39, 0.29) is 19.1 Å². The molecule has 1 aliphatic heterocycles. The number of likely N-dealkylation sites (tertiary alicyclic amines) is 1. The third-order valence-corrected chi connectivity index (χ3v) is 5.77. The molecule has 1 aliphatic rings. The topological polar surface area (TPSA) is 97.4 Å². The summed E-state index contributed by atoms with van der Waals surface area (Å²) in [5.41, 5.74) is 1.53. The first-order chi connectivity index (χ1) is 17.2. The number of nitrogens with zero attached hydrogens (tertiary/aromatic N) is 1. The molecule has 2 aromatic carbocycles. The summed E-state index contributed by atoms with van der Waals surface area (Å²) in [4.78, 5) is 24.7. The quantitative estimate of drug-likeness (QED) is 0.345. The van der Waals surface area contributed by atoms with Gasteiger partial charge in [-0.15, -0.1) is 0 Å².